The normalized spacial score (nSPS) is 20.5. The smallest absolute Gasteiger partial charge is 0.317 e. The highest BCUT2D eigenvalue weighted by molar-refractivity contribution is 5.91. The van der Waals surface area contributed by atoms with Gasteiger partial charge in [0.1, 0.15) is 0 Å². The molecule has 2 saturated heterocycles. The van der Waals surface area contributed by atoms with Crippen LogP contribution in [0.1, 0.15) is 35.0 Å². The Morgan fingerprint density at radius 3 is 2.73 bits per heavy atom. The van der Waals surface area contributed by atoms with E-state index in [4.69, 9.17) is 4.42 Å². The van der Waals surface area contributed by atoms with Crippen molar-refractivity contribution in [2.24, 2.45) is 0 Å². The minimum Gasteiger partial charge on any atom is -0.459 e. The zero-order valence-corrected chi connectivity index (χ0v) is 14.5. The van der Waals surface area contributed by atoms with Crippen LogP contribution in [0.5, 0.6) is 0 Å². The van der Waals surface area contributed by atoms with Crippen LogP contribution in [0.15, 0.2) is 47.2 Å². The second-order valence-corrected chi connectivity index (χ2v) is 6.87. The number of hydrogen-bond donors (Lipinski definition) is 1. The number of nitrogens with zero attached hydrogens (tertiary/aromatic N) is 3. The van der Waals surface area contributed by atoms with Crippen LogP contribution >= 0.6 is 0 Å². The maximum atomic E-state index is 12.4. The molecule has 7 nitrogen and oxygen atoms in total. The molecule has 0 saturated carbocycles. The van der Waals surface area contributed by atoms with E-state index in [1.54, 1.807) is 28.1 Å². The Morgan fingerprint density at radius 1 is 1.12 bits per heavy atom. The van der Waals surface area contributed by atoms with Crippen molar-refractivity contribution in [3.05, 3.63) is 54.2 Å². The molecule has 3 amide bonds. The predicted molar refractivity (Wildman–Crippen MR) is 94.7 cm³/mol. The summed E-state index contributed by atoms with van der Waals surface area (Å²) in [6, 6.07) is 9.15. The van der Waals surface area contributed by atoms with E-state index < -0.39 is 0 Å². The van der Waals surface area contributed by atoms with Crippen molar-refractivity contribution in [2.45, 2.75) is 24.8 Å². The highest BCUT2D eigenvalue weighted by atomic mass is 16.3. The standard InChI is InChI=1S/C19H22N4O3/c24-18(17-7-4-10-26-17)22-9-3-5-15(13-22)21-19(25)23-11-14(12-23)16-6-1-2-8-20-16/h1-2,4,6-8,10,14-15H,3,5,9,11-13H2,(H,21,25)/t15-/m1/s1. The molecule has 0 radical (unpaired) electrons. The molecule has 7 heteroatoms. The predicted octanol–water partition coefficient (Wildman–Crippen LogP) is 2.09. The largest absolute Gasteiger partial charge is 0.459 e. The molecule has 4 heterocycles. The quantitative estimate of drug-likeness (QED) is 0.915. The molecule has 2 aliphatic heterocycles. The van der Waals surface area contributed by atoms with Gasteiger partial charge in [-0.2, -0.15) is 0 Å². The van der Waals surface area contributed by atoms with Crippen LogP contribution in [0.2, 0.25) is 0 Å². The van der Waals surface area contributed by atoms with Gasteiger partial charge in [0.2, 0.25) is 0 Å². The van der Waals surface area contributed by atoms with E-state index in [0.717, 1.165) is 18.5 Å². The lowest BCUT2D eigenvalue weighted by Crippen LogP contribution is -2.57. The molecule has 136 valence electrons. The van der Waals surface area contributed by atoms with E-state index >= 15 is 0 Å². The third kappa shape index (κ3) is 3.42. The molecule has 0 unspecified atom stereocenters. The number of furan rings is 1. The number of urea groups is 1. The molecular weight excluding hydrogens is 332 g/mol. The van der Waals surface area contributed by atoms with Crippen LogP contribution in [-0.2, 0) is 0 Å². The number of rotatable bonds is 3. The topological polar surface area (TPSA) is 78.7 Å². The third-order valence-corrected chi connectivity index (χ3v) is 5.04. The Morgan fingerprint density at radius 2 is 2.00 bits per heavy atom. The first kappa shape index (κ1) is 16.6. The maximum absolute atomic E-state index is 12.4. The lowest BCUT2D eigenvalue weighted by Gasteiger charge is -2.40. The summed E-state index contributed by atoms with van der Waals surface area (Å²) in [6.07, 6.45) is 5.03. The first-order valence-corrected chi connectivity index (χ1v) is 9.00. The van der Waals surface area contributed by atoms with Gasteiger partial charge in [-0.05, 0) is 37.1 Å². The lowest BCUT2D eigenvalue weighted by atomic mass is 9.96. The number of nitrogens with one attached hydrogen (secondary N) is 1. The number of likely N-dealkylation sites (tertiary alicyclic amines) is 2. The van der Waals surface area contributed by atoms with Gasteiger partial charge in [-0.1, -0.05) is 6.07 Å². The van der Waals surface area contributed by atoms with Crippen molar-refractivity contribution >= 4 is 11.9 Å². The van der Waals surface area contributed by atoms with E-state index in [1.165, 1.54) is 6.26 Å². The molecule has 2 aromatic heterocycles. The van der Waals surface area contributed by atoms with Crippen LogP contribution in [0.25, 0.3) is 0 Å². The number of carbonyl (C=O) groups is 2. The molecule has 2 aromatic rings. The first-order valence-electron chi connectivity index (χ1n) is 9.00. The number of pyridine rings is 1. The zero-order chi connectivity index (χ0) is 17.9. The number of aromatic nitrogens is 1. The summed E-state index contributed by atoms with van der Waals surface area (Å²) in [4.78, 5) is 32.7. The maximum Gasteiger partial charge on any atom is 0.317 e. The fraction of sp³-hybridized carbons (Fsp3) is 0.421. The molecular formula is C19H22N4O3. The van der Waals surface area contributed by atoms with Gasteiger partial charge in [0.15, 0.2) is 5.76 Å². The molecule has 26 heavy (non-hydrogen) atoms. The summed E-state index contributed by atoms with van der Waals surface area (Å²) >= 11 is 0. The Labute approximate surface area is 152 Å². The van der Waals surface area contributed by atoms with E-state index in [2.05, 4.69) is 10.3 Å². The van der Waals surface area contributed by atoms with Crippen LogP contribution in [0.4, 0.5) is 4.79 Å². The molecule has 0 bridgehead atoms. The summed E-state index contributed by atoms with van der Waals surface area (Å²) in [5.41, 5.74) is 1.03. The molecule has 1 N–H and O–H groups in total. The summed E-state index contributed by atoms with van der Waals surface area (Å²) in [5.74, 6) is 0.538. The van der Waals surface area contributed by atoms with Gasteiger partial charge >= 0.3 is 6.03 Å². The van der Waals surface area contributed by atoms with Gasteiger partial charge in [0, 0.05) is 50.0 Å². The number of amides is 3. The van der Waals surface area contributed by atoms with E-state index in [0.29, 0.717) is 37.9 Å². The van der Waals surface area contributed by atoms with Crippen LogP contribution < -0.4 is 5.32 Å². The van der Waals surface area contributed by atoms with Crippen molar-refractivity contribution < 1.29 is 14.0 Å². The highest BCUT2D eigenvalue weighted by Crippen LogP contribution is 2.25. The number of piperidine rings is 1. The van der Waals surface area contributed by atoms with Crippen molar-refractivity contribution in [1.29, 1.82) is 0 Å². The van der Waals surface area contributed by atoms with Gasteiger partial charge < -0.3 is 19.5 Å². The van der Waals surface area contributed by atoms with Gasteiger partial charge in [0.05, 0.1) is 6.26 Å². The van der Waals surface area contributed by atoms with Crippen molar-refractivity contribution in [1.82, 2.24) is 20.1 Å². The zero-order valence-electron chi connectivity index (χ0n) is 14.5. The molecule has 2 aliphatic rings. The molecule has 2 fully saturated rings. The Kier molecular flexibility index (Phi) is 4.60. The number of carbonyl (C=O) groups excluding carboxylic acids is 2. The van der Waals surface area contributed by atoms with E-state index in [1.807, 2.05) is 18.2 Å². The summed E-state index contributed by atoms with van der Waals surface area (Å²) in [6.45, 7) is 2.58. The fourth-order valence-corrected chi connectivity index (χ4v) is 3.55. The van der Waals surface area contributed by atoms with Crippen LogP contribution in [0.3, 0.4) is 0 Å². The molecule has 0 aliphatic carbocycles. The second kappa shape index (κ2) is 7.19. The minimum absolute atomic E-state index is 0.0240. The van der Waals surface area contributed by atoms with E-state index in [9.17, 15) is 9.59 Å². The summed E-state index contributed by atoms with van der Waals surface area (Å²) in [5, 5.41) is 3.07. The van der Waals surface area contributed by atoms with Gasteiger partial charge in [0.25, 0.3) is 5.91 Å². The van der Waals surface area contributed by atoms with E-state index in [-0.39, 0.29) is 18.0 Å². The monoisotopic (exact) mass is 354 g/mol. The highest BCUT2D eigenvalue weighted by Gasteiger charge is 2.34. The third-order valence-electron chi connectivity index (χ3n) is 5.04. The SMILES string of the molecule is O=C(N[C@@H]1CCCN(C(=O)c2ccco2)C1)N1CC(c2ccccn2)C1. The summed E-state index contributed by atoms with van der Waals surface area (Å²) < 4.78 is 5.19. The number of hydrogen-bond acceptors (Lipinski definition) is 4. The molecule has 0 aromatic carbocycles. The van der Waals surface area contributed by atoms with Crippen molar-refractivity contribution in [2.75, 3.05) is 26.2 Å². The lowest BCUT2D eigenvalue weighted by molar-refractivity contribution is 0.0658. The molecule has 1 atom stereocenters. The second-order valence-electron chi connectivity index (χ2n) is 6.87. The Hall–Kier alpha value is -2.83. The first-order chi connectivity index (χ1) is 12.7. The van der Waals surface area contributed by atoms with Gasteiger partial charge in [-0.25, -0.2) is 4.79 Å². The Bertz CT molecular complexity index is 756. The average molecular weight is 354 g/mol. The molecule has 0 spiro atoms. The molecule has 4 rings (SSSR count). The van der Waals surface area contributed by atoms with Crippen LogP contribution in [0, 0.1) is 0 Å². The Balaban J connectivity index is 1.28. The van der Waals surface area contributed by atoms with Crippen LogP contribution in [-0.4, -0.2) is 58.9 Å². The van der Waals surface area contributed by atoms with Crippen molar-refractivity contribution in [3.8, 4) is 0 Å². The average Bonchev–Trinajstić information content (AvgIpc) is 3.15. The minimum atomic E-state index is -0.117. The summed E-state index contributed by atoms with van der Waals surface area (Å²) in [7, 11) is 0. The van der Waals surface area contributed by atoms with Gasteiger partial charge in [-0.3, -0.25) is 9.78 Å². The van der Waals surface area contributed by atoms with Gasteiger partial charge in [-0.15, -0.1) is 0 Å². The van der Waals surface area contributed by atoms with Crippen molar-refractivity contribution in [3.63, 3.8) is 0 Å². The fourth-order valence-electron chi connectivity index (χ4n) is 3.55.